The van der Waals surface area contributed by atoms with Crippen LogP contribution in [0.15, 0.2) is 0 Å². The molecule has 1 aliphatic rings. The maximum absolute atomic E-state index is 12.7. The first-order valence-electron chi connectivity index (χ1n) is 5.28. The number of alkyl halides is 3. The van der Waals surface area contributed by atoms with E-state index in [2.05, 4.69) is 0 Å². The fourth-order valence-corrected chi connectivity index (χ4v) is 2.97. The van der Waals surface area contributed by atoms with Crippen LogP contribution < -0.4 is 0 Å². The van der Waals surface area contributed by atoms with Crippen LogP contribution in [-0.2, 0) is 14.9 Å². The van der Waals surface area contributed by atoms with Crippen molar-refractivity contribution in [1.82, 2.24) is 8.61 Å². The number of hydrogen-bond acceptors (Lipinski definition) is 3. The summed E-state index contributed by atoms with van der Waals surface area (Å²) in [6, 6.07) is 0. The van der Waals surface area contributed by atoms with Crippen molar-refractivity contribution in [3.05, 3.63) is 0 Å². The minimum atomic E-state index is -4.59. The predicted molar refractivity (Wildman–Crippen MR) is 59.2 cm³/mol. The van der Waals surface area contributed by atoms with Gasteiger partial charge in [0.05, 0.1) is 12.1 Å². The highest BCUT2D eigenvalue weighted by Crippen LogP contribution is 2.32. The summed E-state index contributed by atoms with van der Waals surface area (Å²) in [5.41, 5.74) is -1.18. The Bertz CT molecular complexity index is 406. The molecule has 1 saturated heterocycles. The van der Waals surface area contributed by atoms with E-state index < -0.39 is 34.6 Å². The summed E-state index contributed by atoms with van der Waals surface area (Å²) in [7, 11) is -1.32. The average molecular weight is 290 g/mol. The van der Waals surface area contributed by atoms with E-state index in [9.17, 15) is 21.6 Å². The van der Waals surface area contributed by atoms with Crippen molar-refractivity contribution in [2.45, 2.75) is 31.7 Å². The van der Waals surface area contributed by atoms with E-state index in [0.29, 0.717) is 0 Å². The topological polar surface area (TPSA) is 49.9 Å². The number of halogens is 3. The highest BCUT2D eigenvalue weighted by atomic mass is 32.2. The maximum atomic E-state index is 12.7. The third kappa shape index (κ3) is 3.34. The molecule has 0 aromatic heterocycles. The lowest BCUT2D eigenvalue weighted by Gasteiger charge is -2.42. The zero-order chi connectivity index (χ0) is 14.4. The molecule has 18 heavy (non-hydrogen) atoms. The zero-order valence-electron chi connectivity index (χ0n) is 10.7. The van der Waals surface area contributed by atoms with Gasteiger partial charge in [0.1, 0.15) is 0 Å². The average Bonchev–Trinajstić information content (AvgIpc) is 2.13. The van der Waals surface area contributed by atoms with Gasteiger partial charge in [0.15, 0.2) is 6.10 Å². The van der Waals surface area contributed by atoms with Crippen molar-refractivity contribution in [2.24, 2.45) is 0 Å². The van der Waals surface area contributed by atoms with E-state index in [4.69, 9.17) is 4.74 Å². The molecule has 1 rings (SSSR count). The second-order valence-corrected chi connectivity index (χ2v) is 7.13. The Hall–Kier alpha value is -0.380. The van der Waals surface area contributed by atoms with Crippen molar-refractivity contribution in [3.63, 3.8) is 0 Å². The Morgan fingerprint density at radius 1 is 1.33 bits per heavy atom. The first-order chi connectivity index (χ1) is 7.86. The van der Waals surface area contributed by atoms with Crippen LogP contribution in [0, 0.1) is 0 Å². The summed E-state index contributed by atoms with van der Waals surface area (Å²) < 4.78 is 68.4. The molecule has 1 unspecified atom stereocenters. The molecule has 5 nitrogen and oxygen atoms in total. The Balaban J connectivity index is 3.03. The van der Waals surface area contributed by atoms with Crippen molar-refractivity contribution < 1.29 is 26.3 Å². The lowest BCUT2D eigenvalue weighted by Crippen LogP contribution is -2.60. The van der Waals surface area contributed by atoms with Gasteiger partial charge in [-0.1, -0.05) is 0 Å². The van der Waals surface area contributed by atoms with Gasteiger partial charge >= 0.3 is 6.18 Å². The lowest BCUT2D eigenvalue weighted by molar-refractivity contribution is -0.265. The van der Waals surface area contributed by atoms with E-state index in [-0.39, 0.29) is 6.54 Å². The quantitative estimate of drug-likeness (QED) is 0.757. The largest absolute Gasteiger partial charge is 0.415 e. The normalized spacial score (nSPS) is 26.6. The van der Waals surface area contributed by atoms with E-state index in [1.165, 1.54) is 27.9 Å². The van der Waals surface area contributed by atoms with Crippen molar-refractivity contribution in [2.75, 3.05) is 27.2 Å². The standard InChI is InChI=1S/C9H17F3N2O3S/c1-8(2)6-14(18(15,16)13(3)4)5-7(17-8)9(10,11)12/h7H,5-6H2,1-4H3. The summed E-state index contributed by atoms with van der Waals surface area (Å²) in [4.78, 5) is 0. The second-order valence-electron chi connectivity index (χ2n) is 4.99. The predicted octanol–water partition coefficient (Wildman–Crippen LogP) is 0.835. The van der Waals surface area contributed by atoms with Crippen LogP contribution in [0.4, 0.5) is 13.2 Å². The van der Waals surface area contributed by atoms with Crippen molar-refractivity contribution in [1.29, 1.82) is 0 Å². The molecule has 0 aromatic rings. The highest BCUT2D eigenvalue weighted by Gasteiger charge is 2.50. The molecule has 1 atom stereocenters. The molecule has 0 radical (unpaired) electrons. The van der Waals surface area contributed by atoms with Crippen LogP contribution in [0.1, 0.15) is 13.8 Å². The summed E-state index contributed by atoms with van der Waals surface area (Å²) >= 11 is 0. The van der Waals surface area contributed by atoms with Gasteiger partial charge in [-0.15, -0.1) is 0 Å². The SMILES string of the molecule is CN(C)S(=O)(=O)N1CC(C(F)(F)F)OC(C)(C)C1. The highest BCUT2D eigenvalue weighted by molar-refractivity contribution is 7.86. The molecule has 0 amide bonds. The third-order valence-electron chi connectivity index (χ3n) is 2.54. The third-order valence-corrected chi connectivity index (χ3v) is 4.39. The van der Waals surface area contributed by atoms with Crippen LogP contribution in [-0.4, -0.2) is 62.1 Å². The molecule has 1 fully saturated rings. The molecule has 1 aliphatic heterocycles. The Morgan fingerprint density at radius 3 is 2.22 bits per heavy atom. The van der Waals surface area contributed by atoms with Crippen LogP contribution in [0.25, 0.3) is 0 Å². The lowest BCUT2D eigenvalue weighted by atomic mass is 10.1. The molecular weight excluding hydrogens is 273 g/mol. The maximum Gasteiger partial charge on any atom is 0.415 e. The molecule has 0 bridgehead atoms. The Kier molecular flexibility index (Phi) is 4.03. The van der Waals surface area contributed by atoms with Crippen molar-refractivity contribution in [3.8, 4) is 0 Å². The molecule has 0 aromatic carbocycles. The van der Waals surface area contributed by atoms with Crippen LogP contribution in [0.5, 0.6) is 0 Å². The van der Waals surface area contributed by atoms with Crippen LogP contribution in [0.3, 0.4) is 0 Å². The van der Waals surface area contributed by atoms with Crippen LogP contribution >= 0.6 is 0 Å². The molecule has 0 saturated carbocycles. The van der Waals surface area contributed by atoms with E-state index in [1.807, 2.05) is 0 Å². The number of ether oxygens (including phenoxy) is 1. The summed E-state index contributed by atoms with van der Waals surface area (Å²) in [5, 5.41) is 0. The molecule has 0 aliphatic carbocycles. The first-order valence-corrected chi connectivity index (χ1v) is 6.68. The monoisotopic (exact) mass is 290 g/mol. The second kappa shape index (κ2) is 4.62. The molecule has 1 heterocycles. The smallest absolute Gasteiger partial charge is 0.360 e. The number of rotatable bonds is 2. The Labute approximate surface area is 105 Å². The fourth-order valence-electron chi connectivity index (χ4n) is 1.71. The molecule has 9 heteroatoms. The minimum Gasteiger partial charge on any atom is -0.360 e. The number of hydrogen-bond donors (Lipinski definition) is 0. The Morgan fingerprint density at radius 2 is 1.83 bits per heavy atom. The fraction of sp³-hybridized carbons (Fsp3) is 1.00. The van der Waals surface area contributed by atoms with Gasteiger partial charge in [0, 0.05) is 20.6 Å². The number of nitrogens with zero attached hydrogens (tertiary/aromatic N) is 2. The van der Waals surface area contributed by atoms with E-state index in [1.54, 1.807) is 0 Å². The minimum absolute atomic E-state index is 0.111. The van der Waals surface area contributed by atoms with E-state index in [0.717, 1.165) is 8.61 Å². The van der Waals surface area contributed by atoms with Gasteiger partial charge in [-0.2, -0.15) is 30.2 Å². The molecule has 0 N–H and O–H groups in total. The van der Waals surface area contributed by atoms with Gasteiger partial charge in [-0.05, 0) is 13.8 Å². The van der Waals surface area contributed by atoms with Gasteiger partial charge in [0.25, 0.3) is 10.2 Å². The van der Waals surface area contributed by atoms with Gasteiger partial charge in [0.2, 0.25) is 0 Å². The van der Waals surface area contributed by atoms with Crippen LogP contribution in [0.2, 0.25) is 0 Å². The molecule has 0 spiro atoms. The zero-order valence-corrected chi connectivity index (χ0v) is 11.5. The van der Waals surface area contributed by atoms with Gasteiger partial charge in [-0.3, -0.25) is 0 Å². The van der Waals surface area contributed by atoms with Crippen molar-refractivity contribution >= 4 is 10.2 Å². The summed E-state index contributed by atoms with van der Waals surface area (Å²) in [6.45, 7) is 2.04. The molecular formula is C9H17F3N2O3S. The summed E-state index contributed by atoms with van der Waals surface area (Å²) in [6.07, 6.45) is -6.69. The summed E-state index contributed by atoms with van der Waals surface area (Å²) in [5.74, 6) is 0. The van der Waals surface area contributed by atoms with Gasteiger partial charge in [-0.25, -0.2) is 0 Å². The first kappa shape index (κ1) is 15.7. The van der Waals surface area contributed by atoms with Gasteiger partial charge < -0.3 is 4.74 Å². The van der Waals surface area contributed by atoms with E-state index >= 15 is 0 Å². The molecule has 108 valence electrons. The number of morpholine rings is 1.